The molecule has 6 heteroatoms. The number of piperidine rings is 1. The average Bonchev–Trinajstić information content (AvgIpc) is 3.01. The molecule has 1 amide bonds. The molecule has 0 radical (unpaired) electrons. The fourth-order valence-electron chi connectivity index (χ4n) is 2.89. The molecule has 1 unspecified atom stereocenters. The molecule has 0 aliphatic carbocycles. The van der Waals surface area contributed by atoms with Crippen LogP contribution in [0.25, 0.3) is 11.4 Å². The van der Waals surface area contributed by atoms with E-state index in [0.717, 1.165) is 25.1 Å². The van der Waals surface area contributed by atoms with Gasteiger partial charge in [0.25, 0.3) is 0 Å². The molecule has 1 atom stereocenters. The van der Waals surface area contributed by atoms with Crippen LogP contribution < -0.4 is 0 Å². The van der Waals surface area contributed by atoms with Gasteiger partial charge in [-0.1, -0.05) is 35.8 Å². The molecule has 1 aliphatic heterocycles. The first-order valence-electron chi connectivity index (χ1n) is 7.98. The number of amides is 1. The van der Waals surface area contributed by atoms with Crippen LogP contribution in [0.5, 0.6) is 0 Å². The molecule has 3 rings (SSSR count). The van der Waals surface area contributed by atoms with Crippen molar-refractivity contribution in [1.82, 2.24) is 15.0 Å². The van der Waals surface area contributed by atoms with Crippen molar-refractivity contribution in [2.45, 2.75) is 32.6 Å². The van der Waals surface area contributed by atoms with Gasteiger partial charge in [0.2, 0.25) is 17.6 Å². The summed E-state index contributed by atoms with van der Waals surface area (Å²) in [6.45, 7) is 3.91. The van der Waals surface area contributed by atoms with Crippen molar-refractivity contribution in [3.63, 3.8) is 0 Å². The van der Waals surface area contributed by atoms with Gasteiger partial charge >= 0.3 is 0 Å². The normalized spacial score (nSPS) is 18.2. The summed E-state index contributed by atoms with van der Waals surface area (Å²) in [5.41, 5.74) is 0.809. The Balaban J connectivity index is 1.58. The number of aromatic nitrogens is 2. The van der Waals surface area contributed by atoms with E-state index >= 15 is 0 Å². The highest BCUT2D eigenvalue weighted by Crippen LogP contribution is 2.21. The number of aryl methyl sites for hydroxylation is 1. The Bertz CT molecular complexity index is 686. The molecule has 1 aromatic heterocycles. The Labute approximate surface area is 140 Å². The van der Waals surface area contributed by atoms with E-state index in [1.165, 1.54) is 6.42 Å². The van der Waals surface area contributed by atoms with Crippen LogP contribution in [0.1, 0.15) is 32.1 Å². The van der Waals surface area contributed by atoms with Crippen molar-refractivity contribution in [2.75, 3.05) is 13.1 Å². The SMILES string of the molecule is CC1CCCN(C(=O)CCc2nc(-c3cccc(Cl)c3)no2)C1. The minimum atomic E-state index is 0.166. The second-order valence-corrected chi connectivity index (χ2v) is 6.55. The third kappa shape index (κ3) is 4.10. The van der Waals surface area contributed by atoms with E-state index in [2.05, 4.69) is 17.1 Å². The Morgan fingerprint density at radius 1 is 1.48 bits per heavy atom. The van der Waals surface area contributed by atoms with Gasteiger partial charge in [0.15, 0.2) is 0 Å². The average molecular weight is 334 g/mol. The van der Waals surface area contributed by atoms with Crippen molar-refractivity contribution in [3.8, 4) is 11.4 Å². The molecule has 1 aliphatic rings. The van der Waals surface area contributed by atoms with Crippen LogP contribution in [0.2, 0.25) is 5.02 Å². The number of rotatable bonds is 4. The van der Waals surface area contributed by atoms with Crippen LogP contribution in [-0.4, -0.2) is 34.0 Å². The predicted octanol–water partition coefficient (Wildman–Crippen LogP) is 3.58. The summed E-state index contributed by atoms with van der Waals surface area (Å²) in [6.07, 6.45) is 3.17. The molecule has 2 aromatic rings. The molecule has 1 fully saturated rings. The summed E-state index contributed by atoms with van der Waals surface area (Å²) in [5, 5.41) is 4.59. The molecule has 0 bridgehead atoms. The lowest BCUT2D eigenvalue weighted by atomic mass is 10.00. The van der Waals surface area contributed by atoms with Gasteiger partial charge in [0.1, 0.15) is 0 Å². The third-order valence-corrected chi connectivity index (χ3v) is 4.35. The molecule has 2 heterocycles. The van der Waals surface area contributed by atoms with Gasteiger partial charge in [-0.05, 0) is 30.9 Å². The summed E-state index contributed by atoms with van der Waals surface area (Å²) in [7, 11) is 0. The number of carbonyl (C=O) groups is 1. The first kappa shape index (κ1) is 16.0. The van der Waals surface area contributed by atoms with Crippen molar-refractivity contribution >= 4 is 17.5 Å². The van der Waals surface area contributed by atoms with E-state index in [4.69, 9.17) is 16.1 Å². The highest BCUT2D eigenvalue weighted by Gasteiger charge is 2.21. The lowest BCUT2D eigenvalue weighted by Gasteiger charge is -2.30. The van der Waals surface area contributed by atoms with Crippen LogP contribution >= 0.6 is 11.6 Å². The van der Waals surface area contributed by atoms with Gasteiger partial charge in [-0.3, -0.25) is 4.79 Å². The highest BCUT2D eigenvalue weighted by atomic mass is 35.5. The third-order valence-electron chi connectivity index (χ3n) is 4.11. The van der Waals surface area contributed by atoms with Gasteiger partial charge in [-0.2, -0.15) is 4.98 Å². The van der Waals surface area contributed by atoms with Gasteiger partial charge in [-0.25, -0.2) is 0 Å². The van der Waals surface area contributed by atoms with Crippen LogP contribution in [0.4, 0.5) is 0 Å². The fraction of sp³-hybridized carbons (Fsp3) is 0.471. The summed E-state index contributed by atoms with van der Waals surface area (Å²) in [5.74, 6) is 1.74. The zero-order valence-corrected chi connectivity index (χ0v) is 13.9. The van der Waals surface area contributed by atoms with Crippen molar-refractivity contribution < 1.29 is 9.32 Å². The van der Waals surface area contributed by atoms with E-state index in [-0.39, 0.29) is 5.91 Å². The largest absolute Gasteiger partial charge is 0.342 e. The number of carbonyl (C=O) groups excluding carboxylic acids is 1. The van der Waals surface area contributed by atoms with Crippen molar-refractivity contribution in [3.05, 3.63) is 35.2 Å². The zero-order chi connectivity index (χ0) is 16.2. The fourth-order valence-corrected chi connectivity index (χ4v) is 3.08. The number of nitrogens with zero attached hydrogens (tertiary/aromatic N) is 3. The number of hydrogen-bond acceptors (Lipinski definition) is 4. The van der Waals surface area contributed by atoms with Crippen LogP contribution in [-0.2, 0) is 11.2 Å². The number of likely N-dealkylation sites (tertiary alicyclic amines) is 1. The van der Waals surface area contributed by atoms with E-state index in [0.29, 0.717) is 35.5 Å². The minimum Gasteiger partial charge on any atom is -0.342 e. The molecule has 5 nitrogen and oxygen atoms in total. The first-order chi connectivity index (χ1) is 11.1. The Morgan fingerprint density at radius 3 is 3.13 bits per heavy atom. The Hall–Kier alpha value is -1.88. The summed E-state index contributed by atoms with van der Waals surface area (Å²) >= 11 is 5.97. The quantitative estimate of drug-likeness (QED) is 0.858. The Morgan fingerprint density at radius 2 is 2.35 bits per heavy atom. The molecular formula is C17H20ClN3O2. The number of hydrogen-bond donors (Lipinski definition) is 0. The van der Waals surface area contributed by atoms with E-state index in [1.54, 1.807) is 12.1 Å². The summed E-state index contributed by atoms with van der Waals surface area (Å²) in [6, 6.07) is 7.30. The Kier molecular flexibility index (Phi) is 4.96. The molecular weight excluding hydrogens is 314 g/mol. The van der Waals surface area contributed by atoms with E-state index in [1.807, 2.05) is 17.0 Å². The monoisotopic (exact) mass is 333 g/mol. The van der Waals surface area contributed by atoms with Crippen molar-refractivity contribution in [2.24, 2.45) is 5.92 Å². The molecule has 1 aromatic carbocycles. The molecule has 0 spiro atoms. The lowest BCUT2D eigenvalue weighted by Crippen LogP contribution is -2.39. The van der Waals surface area contributed by atoms with Crippen LogP contribution in [0, 0.1) is 5.92 Å². The van der Waals surface area contributed by atoms with Crippen LogP contribution in [0.15, 0.2) is 28.8 Å². The van der Waals surface area contributed by atoms with E-state index < -0.39 is 0 Å². The summed E-state index contributed by atoms with van der Waals surface area (Å²) in [4.78, 5) is 18.6. The number of benzene rings is 1. The molecule has 23 heavy (non-hydrogen) atoms. The molecule has 0 N–H and O–H groups in total. The van der Waals surface area contributed by atoms with Gasteiger partial charge in [0, 0.05) is 36.5 Å². The van der Waals surface area contributed by atoms with Crippen molar-refractivity contribution in [1.29, 1.82) is 0 Å². The molecule has 1 saturated heterocycles. The maximum absolute atomic E-state index is 12.3. The van der Waals surface area contributed by atoms with Gasteiger partial charge in [-0.15, -0.1) is 0 Å². The topological polar surface area (TPSA) is 59.2 Å². The van der Waals surface area contributed by atoms with Gasteiger partial charge in [0.05, 0.1) is 0 Å². The second kappa shape index (κ2) is 7.13. The smallest absolute Gasteiger partial charge is 0.227 e. The number of halogens is 1. The van der Waals surface area contributed by atoms with Gasteiger partial charge < -0.3 is 9.42 Å². The van der Waals surface area contributed by atoms with Crippen LogP contribution in [0.3, 0.4) is 0 Å². The summed E-state index contributed by atoms with van der Waals surface area (Å²) < 4.78 is 5.24. The highest BCUT2D eigenvalue weighted by molar-refractivity contribution is 6.30. The second-order valence-electron chi connectivity index (χ2n) is 6.11. The maximum atomic E-state index is 12.3. The predicted molar refractivity (Wildman–Crippen MR) is 88.0 cm³/mol. The lowest BCUT2D eigenvalue weighted by molar-refractivity contribution is -0.132. The molecule has 0 saturated carbocycles. The minimum absolute atomic E-state index is 0.166. The standard InChI is InChI=1S/C17H20ClN3O2/c1-12-4-3-9-21(11-12)16(22)8-7-15-19-17(20-23-15)13-5-2-6-14(18)10-13/h2,5-6,10,12H,3-4,7-9,11H2,1H3. The first-order valence-corrected chi connectivity index (χ1v) is 8.36. The maximum Gasteiger partial charge on any atom is 0.227 e. The zero-order valence-electron chi connectivity index (χ0n) is 13.2. The van der Waals surface area contributed by atoms with E-state index in [9.17, 15) is 4.79 Å². The molecule has 122 valence electrons.